The third kappa shape index (κ3) is 4.45. The number of anilines is 1. The van der Waals surface area contributed by atoms with Gasteiger partial charge in [0.2, 0.25) is 0 Å². The molecule has 1 saturated heterocycles. The van der Waals surface area contributed by atoms with Crippen molar-refractivity contribution in [3.05, 3.63) is 87.6 Å². The van der Waals surface area contributed by atoms with Gasteiger partial charge in [-0.1, -0.05) is 29.8 Å². The minimum absolute atomic E-state index is 0.00690. The summed E-state index contributed by atoms with van der Waals surface area (Å²) in [6.45, 7) is 3.63. The van der Waals surface area contributed by atoms with Crippen LogP contribution in [0.2, 0.25) is 0 Å². The molecule has 30 heavy (non-hydrogen) atoms. The summed E-state index contributed by atoms with van der Waals surface area (Å²) in [5.74, 6) is -1.01. The summed E-state index contributed by atoms with van der Waals surface area (Å²) in [6, 6.07) is 15.8. The molecule has 0 N–H and O–H groups in total. The maximum atomic E-state index is 14.0. The van der Waals surface area contributed by atoms with Crippen LogP contribution in [-0.4, -0.2) is 29.9 Å². The molecule has 1 aliphatic heterocycles. The maximum absolute atomic E-state index is 14.0. The number of hydrogen-bond acceptors (Lipinski definition) is 3. The van der Waals surface area contributed by atoms with Gasteiger partial charge in [0.1, 0.15) is 11.6 Å². The Labute approximate surface area is 179 Å². The normalized spacial score (nSPS) is 15.3. The van der Waals surface area contributed by atoms with Crippen LogP contribution in [0.25, 0.3) is 0 Å². The van der Waals surface area contributed by atoms with Gasteiger partial charge < -0.3 is 4.90 Å². The van der Waals surface area contributed by atoms with E-state index in [-0.39, 0.29) is 24.1 Å². The number of benzene rings is 2. The first-order valence-electron chi connectivity index (χ1n) is 10.1. The van der Waals surface area contributed by atoms with Crippen molar-refractivity contribution in [3.63, 3.8) is 0 Å². The minimum atomic E-state index is -0.508. The van der Waals surface area contributed by atoms with Gasteiger partial charge in [-0.3, -0.25) is 9.69 Å². The van der Waals surface area contributed by atoms with Crippen molar-refractivity contribution in [3.8, 4) is 0 Å². The van der Waals surface area contributed by atoms with Gasteiger partial charge in [0, 0.05) is 36.9 Å². The second-order valence-corrected chi connectivity index (χ2v) is 8.64. The Bertz CT molecular complexity index is 976. The van der Waals surface area contributed by atoms with Gasteiger partial charge >= 0.3 is 0 Å². The number of halogens is 2. The standard InChI is InChI=1S/C24H24F2N2OS/c1-17-7-9-18(10-8-17)28(24(29)23-6-3-15-30-23)19-11-13-27(14-12-19)16-20-21(25)4-2-5-22(20)26/h2-10,15,19H,11-14,16H2,1H3. The van der Waals surface area contributed by atoms with E-state index in [1.807, 2.05) is 53.6 Å². The largest absolute Gasteiger partial charge is 0.305 e. The molecule has 0 bridgehead atoms. The Morgan fingerprint density at radius 3 is 2.30 bits per heavy atom. The number of hydrogen-bond donors (Lipinski definition) is 0. The molecule has 1 fully saturated rings. The number of nitrogens with zero attached hydrogens (tertiary/aromatic N) is 2. The molecule has 0 saturated carbocycles. The minimum Gasteiger partial charge on any atom is -0.305 e. The van der Waals surface area contributed by atoms with Crippen LogP contribution in [-0.2, 0) is 6.54 Å². The molecule has 1 aliphatic rings. The van der Waals surface area contributed by atoms with Crippen molar-refractivity contribution in [2.75, 3.05) is 18.0 Å². The Kier molecular flexibility index (Phi) is 6.25. The molecule has 3 nitrogen and oxygen atoms in total. The molecule has 0 spiro atoms. The molecule has 6 heteroatoms. The van der Waals surface area contributed by atoms with Crippen LogP contribution in [0.3, 0.4) is 0 Å². The third-order valence-electron chi connectivity index (χ3n) is 5.63. The second-order valence-electron chi connectivity index (χ2n) is 7.70. The highest BCUT2D eigenvalue weighted by Crippen LogP contribution is 2.28. The Hall–Kier alpha value is -2.57. The van der Waals surface area contributed by atoms with Crippen LogP contribution in [0.15, 0.2) is 60.0 Å². The topological polar surface area (TPSA) is 23.6 Å². The first-order chi connectivity index (χ1) is 14.5. The molecule has 0 atom stereocenters. The van der Waals surface area contributed by atoms with Gasteiger partial charge in [-0.05, 0) is 55.5 Å². The van der Waals surface area contributed by atoms with E-state index in [9.17, 15) is 13.6 Å². The van der Waals surface area contributed by atoms with E-state index in [0.717, 1.165) is 24.1 Å². The molecule has 0 aliphatic carbocycles. The van der Waals surface area contributed by atoms with Crippen molar-refractivity contribution >= 4 is 22.9 Å². The molecule has 3 aromatic rings. The highest BCUT2D eigenvalue weighted by molar-refractivity contribution is 7.12. The highest BCUT2D eigenvalue weighted by atomic mass is 32.1. The van der Waals surface area contributed by atoms with Crippen LogP contribution in [0, 0.1) is 18.6 Å². The molecule has 156 valence electrons. The maximum Gasteiger partial charge on any atom is 0.268 e. The molecular formula is C24H24F2N2OS. The first kappa shape index (κ1) is 20.7. The van der Waals surface area contributed by atoms with Crippen molar-refractivity contribution in [2.45, 2.75) is 32.4 Å². The van der Waals surface area contributed by atoms with Crippen molar-refractivity contribution in [1.29, 1.82) is 0 Å². The lowest BCUT2D eigenvalue weighted by molar-refractivity contribution is 0.0962. The van der Waals surface area contributed by atoms with Crippen LogP contribution in [0.5, 0.6) is 0 Å². The Morgan fingerprint density at radius 1 is 1.03 bits per heavy atom. The van der Waals surface area contributed by atoms with Gasteiger partial charge in [-0.15, -0.1) is 11.3 Å². The van der Waals surface area contributed by atoms with Gasteiger partial charge in [0.15, 0.2) is 0 Å². The fourth-order valence-electron chi connectivity index (χ4n) is 3.96. The molecule has 1 aromatic heterocycles. The smallest absolute Gasteiger partial charge is 0.268 e. The van der Waals surface area contributed by atoms with Crippen LogP contribution >= 0.6 is 11.3 Å². The zero-order valence-corrected chi connectivity index (χ0v) is 17.7. The lowest BCUT2D eigenvalue weighted by atomic mass is 10.0. The van der Waals surface area contributed by atoms with E-state index in [1.165, 1.54) is 29.5 Å². The molecule has 0 radical (unpaired) electrons. The molecule has 2 aromatic carbocycles. The summed E-state index contributed by atoms with van der Waals surface area (Å²) >= 11 is 1.44. The van der Waals surface area contributed by atoms with E-state index < -0.39 is 11.6 Å². The molecule has 1 amide bonds. The summed E-state index contributed by atoms with van der Waals surface area (Å²) in [5, 5.41) is 1.91. The molecule has 4 rings (SSSR count). The first-order valence-corrected chi connectivity index (χ1v) is 11.0. The van der Waals surface area contributed by atoms with Gasteiger partial charge in [0.25, 0.3) is 5.91 Å². The molecule has 2 heterocycles. The fraction of sp³-hybridized carbons (Fsp3) is 0.292. The SMILES string of the molecule is Cc1ccc(N(C(=O)c2cccs2)C2CCN(Cc3c(F)cccc3F)CC2)cc1. The number of aryl methyl sites for hydroxylation is 1. The predicted octanol–water partition coefficient (Wildman–Crippen LogP) is 5.65. The van der Waals surface area contributed by atoms with Crippen molar-refractivity contribution in [1.82, 2.24) is 4.90 Å². The average Bonchev–Trinajstić information content (AvgIpc) is 3.28. The van der Waals surface area contributed by atoms with Crippen molar-refractivity contribution < 1.29 is 13.6 Å². The number of carbonyl (C=O) groups is 1. The lowest BCUT2D eigenvalue weighted by Crippen LogP contribution is -2.47. The zero-order valence-electron chi connectivity index (χ0n) is 16.9. The van der Waals surface area contributed by atoms with E-state index in [2.05, 4.69) is 4.90 Å². The monoisotopic (exact) mass is 426 g/mol. The van der Waals surface area contributed by atoms with Gasteiger partial charge in [-0.2, -0.15) is 0 Å². The number of rotatable bonds is 5. The number of thiophene rings is 1. The van der Waals surface area contributed by atoms with E-state index in [4.69, 9.17) is 0 Å². The fourth-order valence-corrected chi connectivity index (χ4v) is 4.62. The third-order valence-corrected chi connectivity index (χ3v) is 6.49. The lowest BCUT2D eigenvalue weighted by Gasteiger charge is -2.38. The summed E-state index contributed by atoms with van der Waals surface area (Å²) in [4.78, 5) is 17.9. The number of carbonyl (C=O) groups excluding carboxylic acids is 1. The average molecular weight is 427 g/mol. The summed E-state index contributed by atoms with van der Waals surface area (Å²) in [7, 11) is 0. The number of piperidine rings is 1. The van der Waals surface area contributed by atoms with Crippen LogP contribution < -0.4 is 4.90 Å². The Balaban J connectivity index is 1.50. The number of likely N-dealkylation sites (tertiary alicyclic amines) is 1. The summed E-state index contributed by atoms with van der Waals surface area (Å²) < 4.78 is 28.0. The van der Waals surface area contributed by atoms with Crippen LogP contribution in [0.1, 0.15) is 33.6 Å². The van der Waals surface area contributed by atoms with Gasteiger partial charge in [0.05, 0.1) is 4.88 Å². The summed E-state index contributed by atoms with van der Waals surface area (Å²) in [6.07, 6.45) is 1.50. The highest BCUT2D eigenvalue weighted by Gasteiger charge is 2.30. The Morgan fingerprint density at radius 2 is 1.70 bits per heavy atom. The molecular weight excluding hydrogens is 402 g/mol. The van der Waals surface area contributed by atoms with E-state index in [0.29, 0.717) is 18.0 Å². The molecule has 0 unspecified atom stereocenters. The van der Waals surface area contributed by atoms with E-state index in [1.54, 1.807) is 0 Å². The number of amides is 1. The van der Waals surface area contributed by atoms with Gasteiger partial charge in [-0.25, -0.2) is 8.78 Å². The van der Waals surface area contributed by atoms with Crippen LogP contribution in [0.4, 0.5) is 14.5 Å². The zero-order chi connectivity index (χ0) is 21.1. The second kappa shape index (κ2) is 9.06. The van der Waals surface area contributed by atoms with E-state index >= 15 is 0 Å². The quantitative estimate of drug-likeness (QED) is 0.527. The summed E-state index contributed by atoms with van der Waals surface area (Å²) in [5.41, 5.74) is 2.14. The predicted molar refractivity (Wildman–Crippen MR) is 117 cm³/mol. The van der Waals surface area contributed by atoms with Crippen molar-refractivity contribution in [2.24, 2.45) is 0 Å².